The molecular formula is C12H19N3O2. The monoisotopic (exact) mass is 237 g/mol. The Morgan fingerprint density at radius 3 is 2.94 bits per heavy atom. The van der Waals surface area contributed by atoms with Crippen LogP contribution < -0.4 is 5.32 Å². The van der Waals surface area contributed by atoms with E-state index in [0.29, 0.717) is 11.8 Å². The molecule has 2 fully saturated rings. The van der Waals surface area contributed by atoms with Gasteiger partial charge in [-0.1, -0.05) is 0 Å². The Balaban J connectivity index is 1.78. The second-order valence-corrected chi connectivity index (χ2v) is 5.13. The lowest BCUT2D eigenvalue weighted by atomic mass is 9.96. The molecule has 3 rings (SSSR count). The lowest BCUT2D eigenvalue weighted by Gasteiger charge is -2.30. The summed E-state index contributed by atoms with van der Waals surface area (Å²) in [6.07, 6.45) is 5.51. The van der Waals surface area contributed by atoms with E-state index in [1.54, 1.807) is 0 Å². The number of aromatic nitrogens is 2. The van der Waals surface area contributed by atoms with E-state index in [1.807, 2.05) is 6.92 Å². The molecule has 2 aliphatic rings. The number of hydrogen-bond donors (Lipinski definition) is 1. The third-order valence-electron chi connectivity index (χ3n) is 3.72. The Hall–Kier alpha value is -0.940. The summed E-state index contributed by atoms with van der Waals surface area (Å²) in [5.41, 5.74) is -0.373. The lowest BCUT2D eigenvalue weighted by Crippen LogP contribution is -2.30. The fourth-order valence-corrected chi connectivity index (χ4v) is 2.59. The van der Waals surface area contributed by atoms with Crippen molar-refractivity contribution in [1.29, 1.82) is 0 Å². The average molecular weight is 237 g/mol. The van der Waals surface area contributed by atoms with Crippen molar-refractivity contribution in [3.8, 4) is 0 Å². The lowest BCUT2D eigenvalue weighted by molar-refractivity contribution is -0.0873. The summed E-state index contributed by atoms with van der Waals surface area (Å²) < 4.78 is 11.6. The molecule has 3 heterocycles. The van der Waals surface area contributed by atoms with Crippen LogP contribution in [0.4, 0.5) is 0 Å². The maximum Gasteiger partial charge on any atom is 0.248 e. The highest BCUT2D eigenvalue weighted by atomic mass is 16.5. The molecule has 1 aromatic heterocycles. The maximum atomic E-state index is 5.81. The molecule has 5 heteroatoms. The third-order valence-corrected chi connectivity index (χ3v) is 3.72. The van der Waals surface area contributed by atoms with Gasteiger partial charge in [-0.15, -0.1) is 10.2 Å². The first kappa shape index (κ1) is 11.2. The third kappa shape index (κ3) is 2.09. The van der Waals surface area contributed by atoms with Crippen molar-refractivity contribution >= 4 is 0 Å². The molecule has 0 aliphatic carbocycles. The highest BCUT2D eigenvalue weighted by molar-refractivity contribution is 5.00. The van der Waals surface area contributed by atoms with Crippen LogP contribution in [0, 0.1) is 0 Å². The summed E-state index contributed by atoms with van der Waals surface area (Å²) in [4.78, 5) is 0. The molecule has 2 aliphatic heterocycles. The first-order valence-electron chi connectivity index (χ1n) is 6.49. The van der Waals surface area contributed by atoms with Crippen LogP contribution >= 0.6 is 0 Å². The zero-order valence-corrected chi connectivity index (χ0v) is 10.2. The van der Waals surface area contributed by atoms with Gasteiger partial charge in [-0.25, -0.2) is 0 Å². The van der Waals surface area contributed by atoms with E-state index in [0.717, 1.165) is 38.8 Å². The second kappa shape index (κ2) is 4.38. The number of ether oxygens (including phenoxy) is 1. The van der Waals surface area contributed by atoms with Gasteiger partial charge in [-0.05, 0) is 45.6 Å². The van der Waals surface area contributed by atoms with Crippen LogP contribution in [-0.2, 0) is 10.3 Å². The highest BCUT2D eigenvalue weighted by Gasteiger charge is 2.36. The SMILES string of the molecule is CC1(c2nnc(C3CCCN3)o2)CCCCO1. The molecule has 1 N–H and O–H groups in total. The summed E-state index contributed by atoms with van der Waals surface area (Å²) in [6, 6.07) is 0.239. The van der Waals surface area contributed by atoms with Gasteiger partial charge in [0.25, 0.3) is 0 Å². The molecule has 2 saturated heterocycles. The molecule has 2 atom stereocenters. The normalized spacial score (nSPS) is 34.1. The van der Waals surface area contributed by atoms with Crippen LogP contribution in [0.5, 0.6) is 0 Å². The van der Waals surface area contributed by atoms with E-state index in [1.165, 1.54) is 6.42 Å². The predicted molar refractivity (Wildman–Crippen MR) is 61.4 cm³/mol. The number of hydrogen-bond acceptors (Lipinski definition) is 5. The molecule has 0 saturated carbocycles. The minimum atomic E-state index is -0.373. The minimum absolute atomic E-state index is 0.239. The second-order valence-electron chi connectivity index (χ2n) is 5.13. The van der Waals surface area contributed by atoms with E-state index in [4.69, 9.17) is 9.15 Å². The van der Waals surface area contributed by atoms with Crippen LogP contribution in [0.3, 0.4) is 0 Å². The first-order valence-corrected chi connectivity index (χ1v) is 6.49. The van der Waals surface area contributed by atoms with Gasteiger partial charge in [0.1, 0.15) is 5.60 Å². The highest BCUT2D eigenvalue weighted by Crippen LogP contribution is 2.34. The molecule has 0 aromatic carbocycles. The molecule has 5 nitrogen and oxygen atoms in total. The van der Waals surface area contributed by atoms with Crippen LogP contribution in [-0.4, -0.2) is 23.3 Å². The van der Waals surface area contributed by atoms with Crippen LogP contribution in [0.15, 0.2) is 4.42 Å². The Morgan fingerprint density at radius 2 is 2.24 bits per heavy atom. The molecule has 0 radical (unpaired) electrons. The van der Waals surface area contributed by atoms with Crippen LogP contribution in [0.2, 0.25) is 0 Å². The van der Waals surface area contributed by atoms with Crippen molar-refractivity contribution in [1.82, 2.24) is 15.5 Å². The standard InChI is InChI=1S/C12H19N3O2/c1-12(6-2-3-8-16-12)11-15-14-10(17-11)9-5-4-7-13-9/h9,13H,2-8H2,1H3. The molecule has 0 bridgehead atoms. The van der Waals surface area contributed by atoms with Crippen molar-refractivity contribution < 1.29 is 9.15 Å². The molecule has 1 aromatic rings. The van der Waals surface area contributed by atoms with Crippen molar-refractivity contribution in [3.05, 3.63) is 11.8 Å². The number of nitrogens with zero attached hydrogens (tertiary/aromatic N) is 2. The van der Waals surface area contributed by atoms with Gasteiger partial charge in [-0.2, -0.15) is 0 Å². The molecule has 0 spiro atoms. The predicted octanol–water partition coefficient (Wildman–Crippen LogP) is 1.91. The molecule has 94 valence electrons. The van der Waals surface area contributed by atoms with Crippen LogP contribution in [0.1, 0.15) is 56.9 Å². The summed E-state index contributed by atoms with van der Waals surface area (Å²) >= 11 is 0. The summed E-state index contributed by atoms with van der Waals surface area (Å²) in [5.74, 6) is 1.36. The van der Waals surface area contributed by atoms with E-state index >= 15 is 0 Å². The Bertz CT molecular complexity index is 379. The largest absolute Gasteiger partial charge is 0.420 e. The minimum Gasteiger partial charge on any atom is -0.420 e. The fraction of sp³-hybridized carbons (Fsp3) is 0.833. The molecule has 0 amide bonds. The van der Waals surface area contributed by atoms with Crippen molar-refractivity contribution in [2.75, 3.05) is 13.2 Å². The summed E-state index contributed by atoms with van der Waals surface area (Å²) in [7, 11) is 0. The topological polar surface area (TPSA) is 60.2 Å². The van der Waals surface area contributed by atoms with E-state index in [2.05, 4.69) is 15.5 Å². The van der Waals surface area contributed by atoms with Crippen molar-refractivity contribution in [2.45, 2.75) is 50.7 Å². The van der Waals surface area contributed by atoms with Gasteiger partial charge in [0.15, 0.2) is 0 Å². The Kier molecular flexibility index (Phi) is 2.88. The van der Waals surface area contributed by atoms with Gasteiger partial charge < -0.3 is 14.5 Å². The Morgan fingerprint density at radius 1 is 1.29 bits per heavy atom. The van der Waals surface area contributed by atoms with Gasteiger partial charge in [0.2, 0.25) is 11.8 Å². The Labute approximate surface area is 101 Å². The molecular weight excluding hydrogens is 218 g/mol. The molecule has 17 heavy (non-hydrogen) atoms. The van der Waals surface area contributed by atoms with E-state index in [-0.39, 0.29) is 11.6 Å². The zero-order valence-electron chi connectivity index (χ0n) is 10.2. The van der Waals surface area contributed by atoms with Crippen molar-refractivity contribution in [2.24, 2.45) is 0 Å². The summed E-state index contributed by atoms with van der Waals surface area (Å²) in [5, 5.41) is 11.7. The van der Waals surface area contributed by atoms with E-state index in [9.17, 15) is 0 Å². The summed E-state index contributed by atoms with van der Waals surface area (Å²) in [6.45, 7) is 3.87. The fourth-order valence-electron chi connectivity index (χ4n) is 2.59. The van der Waals surface area contributed by atoms with Crippen molar-refractivity contribution in [3.63, 3.8) is 0 Å². The number of rotatable bonds is 2. The molecule has 2 unspecified atom stereocenters. The van der Waals surface area contributed by atoms with Gasteiger partial charge >= 0.3 is 0 Å². The maximum absolute atomic E-state index is 5.81. The van der Waals surface area contributed by atoms with E-state index < -0.39 is 0 Å². The number of nitrogens with one attached hydrogen (secondary N) is 1. The van der Waals surface area contributed by atoms with Gasteiger partial charge in [0, 0.05) is 6.61 Å². The first-order chi connectivity index (χ1) is 8.28. The van der Waals surface area contributed by atoms with Gasteiger partial charge in [0.05, 0.1) is 6.04 Å². The van der Waals surface area contributed by atoms with Crippen LogP contribution in [0.25, 0.3) is 0 Å². The smallest absolute Gasteiger partial charge is 0.248 e. The zero-order chi connectivity index (χ0) is 11.7. The average Bonchev–Trinajstić information content (AvgIpc) is 3.01. The van der Waals surface area contributed by atoms with Gasteiger partial charge in [-0.3, -0.25) is 0 Å². The quantitative estimate of drug-likeness (QED) is 0.851.